The van der Waals surface area contributed by atoms with Crippen molar-refractivity contribution in [2.45, 2.75) is 58.8 Å². The zero-order chi connectivity index (χ0) is 17.3. The van der Waals surface area contributed by atoms with E-state index < -0.39 is 11.9 Å². The van der Waals surface area contributed by atoms with Gasteiger partial charge in [0.1, 0.15) is 0 Å². The first-order chi connectivity index (χ1) is 11.5. The van der Waals surface area contributed by atoms with E-state index in [1.807, 2.05) is 0 Å². The van der Waals surface area contributed by atoms with Crippen LogP contribution in [0.2, 0.25) is 0 Å². The molecule has 2 N–H and O–H groups in total. The fourth-order valence-electron chi connectivity index (χ4n) is 5.20. The number of amides is 1. The molecule has 4 nitrogen and oxygen atoms in total. The number of carbonyl (C=O) groups excluding carboxylic acids is 1. The van der Waals surface area contributed by atoms with Gasteiger partial charge in [0.2, 0.25) is 5.91 Å². The molecule has 0 aliphatic heterocycles. The third kappa shape index (κ3) is 3.15. The third-order valence-corrected chi connectivity index (χ3v) is 6.14. The molecule has 0 aromatic carbocycles. The number of allylic oxidation sites excluding steroid dienone is 3. The summed E-state index contributed by atoms with van der Waals surface area (Å²) in [6.07, 6.45) is 9.89. The Balaban J connectivity index is 1.66. The normalized spacial score (nSPS) is 31.8. The smallest absolute Gasteiger partial charge is 0.307 e. The van der Waals surface area contributed by atoms with E-state index >= 15 is 0 Å². The Kier molecular flexibility index (Phi) is 5.12. The van der Waals surface area contributed by atoms with Crippen LogP contribution in [-0.2, 0) is 9.59 Å². The summed E-state index contributed by atoms with van der Waals surface area (Å²) in [7, 11) is 0. The van der Waals surface area contributed by atoms with Gasteiger partial charge < -0.3 is 10.4 Å². The molecule has 3 aliphatic rings. The molecule has 2 bridgehead atoms. The van der Waals surface area contributed by atoms with Crippen LogP contribution in [0.3, 0.4) is 0 Å². The molecule has 0 unspecified atom stereocenters. The molecule has 3 aliphatic carbocycles. The van der Waals surface area contributed by atoms with Crippen LogP contribution in [0.1, 0.15) is 58.8 Å². The molecule has 24 heavy (non-hydrogen) atoms. The molecule has 2 fully saturated rings. The van der Waals surface area contributed by atoms with Crippen LogP contribution in [0.25, 0.3) is 0 Å². The average Bonchev–Trinajstić information content (AvgIpc) is 3.11. The Labute approximate surface area is 144 Å². The summed E-state index contributed by atoms with van der Waals surface area (Å²) in [4.78, 5) is 24.5. The van der Waals surface area contributed by atoms with Gasteiger partial charge in [0.25, 0.3) is 0 Å². The van der Waals surface area contributed by atoms with Gasteiger partial charge in [-0.15, -0.1) is 0 Å². The average molecular weight is 331 g/mol. The van der Waals surface area contributed by atoms with E-state index in [2.05, 4.69) is 25.2 Å². The molecule has 0 aromatic heterocycles. The maximum atomic E-state index is 12.7. The van der Waals surface area contributed by atoms with Gasteiger partial charge in [-0.3, -0.25) is 9.59 Å². The van der Waals surface area contributed by atoms with E-state index in [9.17, 15) is 14.7 Å². The predicted molar refractivity (Wildman–Crippen MR) is 93.4 cm³/mol. The van der Waals surface area contributed by atoms with Gasteiger partial charge in [0.15, 0.2) is 0 Å². The zero-order valence-electron chi connectivity index (χ0n) is 14.8. The number of carboxylic acid groups (broad SMARTS) is 1. The highest BCUT2D eigenvalue weighted by atomic mass is 16.4. The van der Waals surface area contributed by atoms with E-state index in [1.54, 1.807) is 0 Å². The molecule has 3 rings (SSSR count). The number of hydrogen-bond donors (Lipinski definition) is 2. The molecule has 132 valence electrons. The molecule has 0 heterocycles. The van der Waals surface area contributed by atoms with E-state index in [4.69, 9.17) is 0 Å². The van der Waals surface area contributed by atoms with Gasteiger partial charge in [-0.1, -0.05) is 22.8 Å². The first kappa shape index (κ1) is 17.2. The Hall–Kier alpha value is -1.58. The monoisotopic (exact) mass is 331 g/mol. The molecule has 4 atom stereocenters. The predicted octanol–water partition coefficient (Wildman–Crippen LogP) is 3.69. The fraction of sp³-hybridized carbons (Fsp3) is 0.700. The zero-order valence-corrected chi connectivity index (χ0v) is 14.8. The minimum absolute atomic E-state index is 0.0511. The lowest BCUT2D eigenvalue weighted by molar-refractivity contribution is -0.149. The van der Waals surface area contributed by atoms with E-state index in [-0.39, 0.29) is 23.7 Å². The molecule has 4 heteroatoms. The lowest BCUT2D eigenvalue weighted by Gasteiger charge is -2.26. The van der Waals surface area contributed by atoms with Crippen molar-refractivity contribution in [3.8, 4) is 0 Å². The molecule has 0 radical (unpaired) electrons. The van der Waals surface area contributed by atoms with Crippen molar-refractivity contribution < 1.29 is 14.7 Å². The second-order valence-electron chi connectivity index (χ2n) is 7.78. The maximum absolute atomic E-state index is 12.7. The van der Waals surface area contributed by atoms with Crippen LogP contribution in [0.15, 0.2) is 22.8 Å². The Morgan fingerprint density at radius 3 is 2.46 bits per heavy atom. The molecule has 0 spiro atoms. The topological polar surface area (TPSA) is 66.4 Å². The summed E-state index contributed by atoms with van der Waals surface area (Å²) in [6, 6.07) is 0. The third-order valence-electron chi connectivity index (χ3n) is 6.14. The Morgan fingerprint density at radius 1 is 1.17 bits per heavy atom. The van der Waals surface area contributed by atoms with Crippen LogP contribution in [0.4, 0.5) is 0 Å². The molecule has 2 saturated carbocycles. The lowest BCUT2D eigenvalue weighted by Crippen LogP contribution is -2.41. The van der Waals surface area contributed by atoms with Gasteiger partial charge in [0, 0.05) is 6.54 Å². The number of carbonyl (C=O) groups is 2. The summed E-state index contributed by atoms with van der Waals surface area (Å²) in [6.45, 7) is 4.74. The van der Waals surface area contributed by atoms with E-state index in [0.717, 1.165) is 32.1 Å². The van der Waals surface area contributed by atoms with Crippen molar-refractivity contribution in [3.05, 3.63) is 22.8 Å². The summed E-state index contributed by atoms with van der Waals surface area (Å²) in [5.41, 5.74) is 3.89. The standard InChI is InChI=1S/C20H29NO3/c1-12(2)16-14-8-9-15(16)18(20(23)24)17(14)19(22)21-11-10-13-6-4-3-5-7-13/h6,14-15,17-18H,3-5,7-11H2,1-2H3,(H,21,22)(H,23,24)/t14-,15+,17-,18+/m1/s1. The number of hydrogen-bond acceptors (Lipinski definition) is 2. The highest BCUT2D eigenvalue weighted by molar-refractivity contribution is 5.87. The molecular formula is C20H29NO3. The highest BCUT2D eigenvalue weighted by Crippen LogP contribution is 2.57. The Morgan fingerprint density at radius 2 is 1.88 bits per heavy atom. The number of aliphatic carboxylic acids is 1. The quantitative estimate of drug-likeness (QED) is 0.755. The molecule has 1 amide bonds. The molecule has 0 aromatic rings. The maximum Gasteiger partial charge on any atom is 0.307 e. The minimum atomic E-state index is -0.809. The fourth-order valence-corrected chi connectivity index (χ4v) is 5.20. The van der Waals surface area contributed by atoms with Crippen LogP contribution >= 0.6 is 0 Å². The van der Waals surface area contributed by atoms with Crippen LogP contribution in [0, 0.1) is 23.7 Å². The van der Waals surface area contributed by atoms with Crippen molar-refractivity contribution in [1.82, 2.24) is 5.32 Å². The number of nitrogens with one attached hydrogen (secondary N) is 1. The first-order valence-corrected chi connectivity index (χ1v) is 9.36. The molecule has 0 saturated heterocycles. The Bertz CT molecular complexity index is 586. The van der Waals surface area contributed by atoms with E-state index in [1.165, 1.54) is 29.6 Å². The van der Waals surface area contributed by atoms with Gasteiger partial charge in [-0.2, -0.15) is 0 Å². The van der Waals surface area contributed by atoms with E-state index in [0.29, 0.717) is 6.54 Å². The van der Waals surface area contributed by atoms with Gasteiger partial charge in [-0.05, 0) is 70.6 Å². The van der Waals surface area contributed by atoms with Crippen molar-refractivity contribution in [2.24, 2.45) is 23.7 Å². The number of fused-ring (bicyclic) bond motifs is 2. The first-order valence-electron chi connectivity index (χ1n) is 9.36. The highest BCUT2D eigenvalue weighted by Gasteiger charge is 2.57. The second kappa shape index (κ2) is 7.12. The van der Waals surface area contributed by atoms with Crippen molar-refractivity contribution in [1.29, 1.82) is 0 Å². The number of rotatable bonds is 5. The summed E-state index contributed by atoms with van der Waals surface area (Å²) < 4.78 is 0. The van der Waals surface area contributed by atoms with Crippen LogP contribution in [0.5, 0.6) is 0 Å². The number of carboxylic acids is 1. The van der Waals surface area contributed by atoms with Gasteiger partial charge in [-0.25, -0.2) is 0 Å². The molecular weight excluding hydrogens is 302 g/mol. The van der Waals surface area contributed by atoms with Crippen molar-refractivity contribution in [3.63, 3.8) is 0 Å². The van der Waals surface area contributed by atoms with Gasteiger partial charge in [0.05, 0.1) is 11.8 Å². The van der Waals surface area contributed by atoms with Crippen molar-refractivity contribution in [2.75, 3.05) is 6.54 Å². The summed E-state index contributed by atoms with van der Waals surface area (Å²) in [5.74, 6) is -1.58. The lowest BCUT2D eigenvalue weighted by atomic mass is 9.78. The SMILES string of the molecule is CC(C)=C1[C@H]2CC[C@@H]1[C@H](C(=O)O)[C@@H]2C(=O)NCCC1=CCCCC1. The largest absolute Gasteiger partial charge is 0.481 e. The minimum Gasteiger partial charge on any atom is -0.481 e. The van der Waals surface area contributed by atoms with Gasteiger partial charge >= 0.3 is 5.97 Å². The second-order valence-corrected chi connectivity index (χ2v) is 7.78. The van der Waals surface area contributed by atoms with Crippen LogP contribution < -0.4 is 5.32 Å². The van der Waals surface area contributed by atoms with Crippen LogP contribution in [-0.4, -0.2) is 23.5 Å². The van der Waals surface area contributed by atoms with Crippen molar-refractivity contribution >= 4 is 11.9 Å². The summed E-state index contributed by atoms with van der Waals surface area (Å²) >= 11 is 0. The summed E-state index contributed by atoms with van der Waals surface area (Å²) in [5, 5.41) is 12.7.